The lowest BCUT2D eigenvalue weighted by Gasteiger charge is -2.35. The Bertz CT molecular complexity index is 461. The van der Waals surface area contributed by atoms with Crippen molar-refractivity contribution in [1.82, 2.24) is 15.5 Å². The molecule has 0 saturated carbocycles. The van der Waals surface area contributed by atoms with Gasteiger partial charge in [-0.2, -0.15) is 0 Å². The molecular weight excluding hydrogens is 314 g/mol. The average molecular weight is 342 g/mol. The fourth-order valence-corrected chi connectivity index (χ4v) is 2.95. The maximum atomic E-state index is 11.7. The number of ether oxygens (including phenoxy) is 1. The van der Waals surface area contributed by atoms with Crippen LogP contribution < -0.4 is 15.4 Å². The van der Waals surface area contributed by atoms with Crippen molar-refractivity contribution in [2.75, 3.05) is 40.3 Å². The van der Waals surface area contributed by atoms with Gasteiger partial charge in [0.15, 0.2) is 0 Å². The van der Waals surface area contributed by atoms with Crippen molar-refractivity contribution in [3.63, 3.8) is 0 Å². The number of amides is 1. The van der Waals surface area contributed by atoms with Gasteiger partial charge in [-0.15, -0.1) is 12.4 Å². The Kier molecular flexibility index (Phi) is 8.99. The predicted octanol–water partition coefficient (Wildman–Crippen LogP) is 1.98. The van der Waals surface area contributed by atoms with Crippen molar-refractivity contribution in [1.29, 1.82) is 0 Å². The van der Waals surface area contributed by atoms with Crippen molar-refractivity contribution in [2.45, 2.75) is 25.3 Å². The van der Waals surface area contributed by atoms with E-state index in [1.54, 1.807) is 14.2 Å². The molecule has 5 nitrogen and oxygen atoms in total. The molecule has 1 heterocycles. The van der Waals surface area contributed by atoms with Crippen LogP contribution in [0.15, 0.2) is 24.3 Å². The SMILES string of the molecule is CNCC(=O)NCC(c1ccc(OC)cc1)N1CCCCC1.Cl. The molecule has 1 saturated heterocycles. The Morgan fingerprint density at radius 1 is 1.22 bits per heavy atom. The highest BCUT2D eigenvalue weighted by molar-refractivity contribution is 5.85. The number of piperidine rings is 1. The molecule has 0 bridgehead atoms. The Labute approximate surface area is 145 Å². The standard InChI is InChI=1S/C17H27N3O2.ClH/c1-18-13-17(21)19-12-16(20-10-4-3-5-11-20)14-6-8-15(22-2)9-7-14;/h6-9,16,18H,3-5,10-13H2,1-2H3,(H,19,21);1H. The van der Waals surface area contributed by atoms with Crippen LogP contribution in [0.3, 0.4) is 0 Å². The molecule has 23 heavy (non-hydrogen) atoms. The lowest BCUT2D eigenvalue weighted by Crippen LogP contribution is -2.42. The Hall–Kier alpha value is -1.30. The summed E-state index contributed by atoms with van der Waals surface area (Å²) in [6, 6.07) is 8.40. The Balaban J connectivity index is 0.00000264. The van der Waals surface area contributed by atoms with E-state index in [1.165, 1.54) is 24.8 Å². The molecule has 6 heteroatoms. The smallest absolute Gasteiger partial charge is 0.234 e. The monoisotopic (exact) mass is 341 g/mol. The average Bonchev–Trinajstić information content (AvgIpc) is 2.57. The maximum absolute atomic E-state index is 11.7. The van der Waals surface area contributed by atoms with Gasteiger partial charge in [0.25, 0.3) is 0 Å². The number of hydrogen-bond acceptors (Lipinski definition) is 4. The van der Waals surface area contributed by atoms with Gasteiger partial charge in [0.05, 0.1) is 19.7 Å². The second-order valence-corrected chi connectivity index (χ2v) is 5.72. The number of likely N-dealkylation sites (tertiary alicyclic amines) is 1. The number of halogens is 1. The maximum Gasteiger partial charge on any atom is 0.234 e. The molecule has 2 rings (SSSR count). The number of carbonyl (C=O) groups is 1. The summed E-state index contributed by atoms with van der Waals surface area (Å²) in [5, 5.41) is 5.92. The highest BCUT2D eigenvalue weighted by Gasteiger charge is 2.22. The third kappa shape index (κ3) is 6.01. The van der Waals surface area contributed by atoms with Crippen molar-refractivity contribution >= 4 is 18.3 Å². The molecule has 1 aromatic carbocycles. The Morgan fingerprint density at radius 3 is 2.43 bits per heavy atom. The number of rotatable bonds is 7. The van der Waals surface area contributed by atoms with E-state index in [9.17, 15) is 4.79 Å². The summed E-state index contributed by atoms with van der Waals surface area (Å²) in [5.74, 6) is 0.901. The summed E-state index contributed by atoms with van der Waals surface area (Å²) in [4.78, 5) is 14.2. The highest BCUT2D eigenvalue weighted by Crippen LogP contribution is 2.25. The van der Waals surface area contributed by atoms with Gasteiger partial charge in [-0.3, -0.25) is 9.69 Å². The summed E-state index contributed by atoms with van der Waals surface area (Å²) in [6.45, 7) is 3.19. The molecule has 1 aliphatic rings. The zero-order valence-corrected chi connectivity index (χ0v) is 14.8. The predicted molar refractivity (Wildman–Crippen MR) is 95.3 cm³/mol. The van der Waals surface area contributed by atoms with E-state index in [2.05, 4.69) is 27.7 Å². The lowest BCUT2D eigenvalue weighted by atomic mass is 10.0. The number of methoxy groups -OCH3 is 1. The first-order chi connectivity index (χ1) is 10.7. The molecule has 1 amide bonds. The number of hydrogen-bond donors (Lipinski definition) is 2. The van der Waals surface area contributed by atoms with Crippen LogP contribution in [0.2, 0.25) is 0 Å². The van der Waals surface area contributed by atoms with Crippen molar-refractivity contribution in [3.05, 3.63) is 29.8 Å². The van der Waals surface area contributed by atoms with Crippen LogP contribution in [-0.2, 0) is 4.79 Å². The van der Waals surface area contributed by atoms with E-state index in [4.69, 9.17) is 4.74 Å². The van der Waals surface area contributed by atoms with Crippen molar-refractivity contribution in [2.24, 2.45) is 0 Å². The topological polar surface area (TPSA) is 53.6 Å². The quantitative estimate of drug-likeness (QED) is 0.796. The molecule has 1 aromatic rings. The Morgan fingerprint density at radius 2 is 1.87 bits per heavy atom. The van der Waals surface area contributed by atoms with E-state index in [0.717, 1.165) is 18.8 Å². The van der Waals surface area contributed by atoms with Crippen LogP contribution in [0, 0.1) is 0 Å². The van der Waals surface area contributed by atoms with Gasteiger partial charge in [0.1, 0.15) is 5.75 Å². The number of benzene rings is 1. The minimum absolute atomic E-state index is 0. The number of nitrogens with zero attached hydrogens (tertiary/aromatic N) is 1. The first-order valence-electron chi connectivity index (χ1n) is 8.04. The summed E-state index contributed by atoms with van der Waals surface area (Å²) < 4.78 is 5.23. The molecule has 0 radical (unpaired) electrons. The summed E-state index contributed by atoms with van der Waals surface area (Å²) in [6.07, 6.45) is 3.77. The molecule has 0 aliphatic carbocycles. The third-order valence-corrected chi connectivity index (χ3v) is 4.16. The molecule has 1 aliphatic heterocycles. The molecule has 130 valence electrons. The molecule has 0 spiro atoms. The van der Waals surface area contributed by atoms with E-state index in [1.807, 2.05) is 12.1 Å². The number of carbonyl (C=O) groups excluding carboxylic acids is 1. The molecule has 0 aromatic heterocycles. The van der Waals surface area contributed by atoms with Crippen LogP contribution in [0.5, 0.6) is 5.75 Å². The molecular formula is C17H28ClN3O2. The first kappa shape index (κ1) is 19.7. The molecule has 2 N–H and O–H groups in total. The van der Waals surface area contributed by atoms with Gasteiger partial charge in [-0.1, -0.05) is 18.6 Å². The van der Waals surface area contributed by atoms with Crippen LogP contribution in [0.4, 0.5) is 0 Å². The van der Waals surface area contributed by atoms with E-state index < -0.39 is 0 Å². The van der Waals surface area contributed by atoms with E-state index >= 15 is 0 Å². The van der Waals surface area contributed by atoms with Crippen LogP contribution in [0.1, 0.15) is 30.9 Å². The molecule has 1 atom stereocenters. The van der Waals surface area contributed by atoms with Crippen LogP contribution >= 0.6 is 12.4 Å². The summed E-state index contributed by atoms with van der Waals surface area (Å²) in [5.41, 5.74) is 1.23. The van der Waals surface area contributed by atoms with Crippen molar-refractivity contribution in [3.8, 4) is 5.75 Å². The minimum atomic E-state index is 0. The number of likely N-dealkylation sites (N-methyl/N-ethyl adjacent to an activating group) is 1. The molecule has 1 fully saturated rings. The fourth-order valence-electron chi connectivity index (χ4n) is 2.95. The van der Waals surface area contributed by atoms with E-state index in [0.29, 0.717) is 13.1 Å². The van der Waals surface area contributed by atoms with Crippen molar-refractivity contribution < 1.29 is 9.53 Å². The normalized spacial score (nSPS) is 16.3. The summed E-state index contributed by atoms with van der Waals surface area (Å²) in [7, 11) is 3.46. The van der Waals surface area contributed by atoms with Gasteiger partial charge in [0.2, 0.25) is 5.91 Å². The highest BCUT2D eigenvalue weighted by atomic mass is 35.5. The largest absolute Gasteiger partial charge is 0.497 e. The second kappa shape index (κ2) is 10.5. The lowest BCUT2D eigenvalue weighted by molar-refractivity contribution is -0.120. The van der Waals surface area contributed by atoms with Gasteiger partial charge in [-0.25, -0.2) is 0 Å². The van der Waals surface area contributed by atoms with E-state index in [-0.39, 0.29) is 24.4 Å². The van der Waals surface area contributed by atoms with Crippen LogP contribution in [-0.4, -0.2) is 51.1 Å². The summed E-state index contributed by atoms with van der Waals surface area (Å²) >= 11 is 0. The second-order valence-electron chi connectivity index (χ2n) is 5.72. The third-order valence-electron chi connectivity index (χ3n) is 4.16. The van der Waals surface area contributed by atoms with Gasteiger partial charge in [0, 0.05) is 6.54 Å². The minimum Gasteiger partial charge on any atom is -0.497 e. The zero-order valence-electron chi connectivity index (χ0n) is 14.0. The number of nitrogens with one attached hydrogen (secondary N) is 2. The van der Waals surface area contributed by atoms with Gasteiger partial charge < -0.3 is 15.4 Å². The van der Waals surface area contributed by atoms with Gasteiger partial charge in [-0.05, 0) is 50.7 Å². The first-order valence-corrected chi connectivity index (χ1v) is 8.04. The fraction of sp³-hybridized carbons (Fsp3) is 0.588. The van der Waals surface area contributed by atoms with Crippen LogP contribution in [0.25, 0.3) is 0 Å². The molecule has 1 unspecified atom stereocenters. The van der Waals surface area contributed by atoms with Gasteiger partial charge >= 0.3 is 0 Å². The zero-order chi connectivity index (χ0) is 15.8.